The molecule has 0 spiro atoms. The van der Waals surface area contributed by atoms with Crippen LogP contribution in [0.15, 0.2) is 54.6 Å². The zero-order chi connectivity index (χ0) is 48.9. The molecule has 9 N–H and O–H groups in total. The predicted molar refractivity (Wildman–Crippen MR) is 248 cm³/mol. The normalized spacial score (nSPS) is 17.8. The van der Waals surface area contributed by atoms with Crippen LogP contribution in [-0.2, 0) is 41.7 Å². The van der Waals surface area contributed by atoms with E-state index >= 15 is 0 Å². The van der Waals surface area contributed by atoms with Crippen LogP contribution in [-0.4, -0.2) is 190 Å². The van der Waals surface area contributed by atoms with Gasteiger partial charge in [0.25, 0.3) is 5.91 Å². The monoisotopic (exact) mass is 925 g/mol. The zero-order valence-electron chi connectivity index (χ0n) is 39.0. The van der Waals surface area contributed by atoms with Crippen molar-refractivity contribution in [3.8, 4) is 0 Å². The largest absolute Gasteiger partial charge is 0.480 e. The molecule has 1 amide bonds. The van der Waals surface area contributed by atoms with E-state index in [0.29, 0.717) is 96.7 Å². The number of carboxylic acid groups (broad SMARTS) is 4. The Morgan fingerprint density at radius 2 is 1.12 bits per heavy atom. The number of ketones is 2. The smallest absolute Gasteiger partial charge is 0.320 e. The number of aliphatic carboxylic acids is 4. The maximum atomic E-state index is 14.6. The van der Waals surface area contributed by atoms with E-state index in [9.17, 15) is 54.0 Å². The van der Waals surface area contributed by atoms with Gasteiger partial charge < -0.3 is 31.5 Å². The second kappa shape index (κ2) is 27.5. The van der Waals surface area contributed by atoms with E-state index in [2.05, 4.69) is 20.9 Å². The fraction of sp³-hybridized carbons (Fsp3) is 0.596. The maximum absolute atomic E-state index is 14.6. The summed E-state index contributed by atoms with van der Waals surface area (Å²) in [6.45, 7) is 9.62. The molecular weight excluding hydrogens is 853 g/mol. The van der Waals surface area contributed by atoms with Gasteiger partial charge in [-0.25, -0.2) is 0 Å². The standard InChI is InChI=1S/C47H72N8O11/c1-5-46(3,51-37(45(65)66)14-10-11-19-48)39(56)29-49-47(4,6-2)43(63)38(28-34-12-8-7-9-13-34)50-44(64)36-17-15-35(16-18-36)30-52-20-22-53(31-40(57)58)24-26-55(33-42(61)62)27-25-54(23-21-52)32-41(59)60/h7-9,12-13,15-18,37-38,49,51H,5-6,10-11,14,19-33,48H2,1-4H3,(H,50,64)(H,57,58)(H,59,60)(H,61,62)(H,65,66). The lowest BCUT2D eigenvalue weighted by atomic mass is 9.84. The highest BCUT2D eigenvalue weighted by Gasteiger charge is 2.40. The topological polar surface area (TPSA) is 275 Å². The number of carbonyl (C=O) groups is 7. The summed E-state index contributed by atoms with van der Waals surface area (Å²) in [5.41, 5.74) is 5.10. The Hall–Kier alpha value is -5.15. The number of hydrogen-bond acceptors (Lipinski definition) is 14. The number of carbonyl (C=O) groups excluding carboxylic acids is 3. The molecule has 66 heavy (non-hydrogen) atoms. The Morgan fingerprint density at radius 1 is 0.636 bits per heavy atom. The van der Waals surface area contributed by atoms with E-state index in [1.165, 1.54) is 0 Å². The van der Waals surface area contributed by atoms with Gasteiger partial charge in [0.2, 0.25) is 0 Å². The molecule has 3 rings (SSSR count). The molecule has 0 radical (unpaired) electrons. The van der Waals surface area contributed by atoms with Crippen molar-refractivity contribution < 1.29 is 54.0 Å². The van der Waals surface area contributed by atoms with Gasteiger partial charge in [0, 0.05) is 64.5 Å². The van der Waals surface area contributed by atoms with Crippen molar-refractivity contribution in [2.75, 3.05) is 85.1 Å². The van der Waals surface area contributed by atoms with Crippen LogP contribution >= 0.6 is 0 Å². The Kier molecular flexibility index (Phi) is 23.0. The van der Waals surface area contributed by atoms with Gasteiger partial charge in [-0.15, -0.1) is 0 Å². The summed E-state index contributed by atoms with van der Waals surface area (Å²) in [6.07, 6.45) is 2.31. The van der Waals surface area contributed by atoms with Crippen LogP contribution in [0.4, 0.5) is 0 Å². The minimum Gasteiger partial charge on any atom is -0.480 e. The Labute approximate surface area is 388 Å². The summed E-state index contributed by atoms with van der Waals surface area (Å²) in [5.74, 6) is -5.24. The molecule has 0 aliphatic carbocycles. The summed E-state index contributed by atoms with van der Waals surface area (Å²) < 4.78 is 0. The van der Waals surface area contributed by atoms with E-state index in [1.54, 1.807) is 59.7 Å². The molecule has 1 saturated heterocycles. The van der Waals surface area contributed by atoms with Crippen LogP contribution in [0.3, 0.4) is 0 Å². The van der Waals surface area contributed by atoms with Gasteiger partial charge in [-0.05, 0) is 75.8 Å². The highest BCUT2D eigenvalue weighted by molar-refractivity contribution is 6.01. The van der Waals surface area contributed by atoms with E-state index in [-0.39, 0.29) is 50.6 Å². The van der Waals surface area contributed by atoms with Gasteiger partial charge in [0.1, 0.15) is 6.04 Å². The van der Waals surface area contributed by atoms with E-state index in [1.807, 2.05) is 37.3 Å². The van der Waals surface area contributed by atoms with Crippen molar-refractivity contribution >= 4 is 41.4 Å². The third-order valence-corrected chi connectivity index (χ3v) is 12.5. The molecule has 4 unspecified atom stereocenters. The number of benzene rings is 2. The first kappa shape index (κ1) is 55.2. The molecule has 0 saturated carbocycles. The third-order valence-electron chi connectivity index (χ3n) is 12.5. The molecule has 19 heteroatoms. The molecule has 0 bridgehead atoms. The number of rotatable bonds is 27. The third kappa shape index (κ3) is 18.6. The minimum absolute atomic E-state index is 0.177. The first-order chi connectivity index (χ1) is 31.3. The van der Waals surface area contributed by atoms with Gasteiger partial charge >= 0.3 is 23.9 Å². The fourth-order valence-electron chi connectivity index (χ4n) is 7.86. The lowest BCUT2D eigenvalue weighted by Gasteiger charge is -2.35. The van der Waals surface area contributed by atoms with Crippen molar-refractivity contribution in [3.63, 3.8) is 0 Å². The predicted octanol–water partition coefficient (Wildman–Crippen LogP) is 1.24. The quantitative estimate of drug-likeness (QED) is 0.0586. The van der Waals surface area contributed by atoms with Crippen LogP contribution in [0.25, 0.3) is 0 Å². The minimum atomic E-state index is -1.26. The lowest BCUT2D eigenvalue weighted by Crippen LogP contribution is -2.62. The van der Waals surface area contributed by atoms with E-state index in [0.717, 1.165) is 11.1 Å². The molecule has 1 aliphatic rings. The molecule has 2 aromatic carbocycles. The first-order valence-corrected chi connectivity index (χ1v) is 22.8. The average molecular weight is 925 g/mol. The molecule has 1 aliphatic heterocycles. The van der Waals surface area contributed by atoms with Crippen LogP contribution in [0, 0.1) is 0 Å². The summed E-state index contributed by atoms with van der Waals surface area (Å²) in [4.78, 5) is 96.6. The highest BCUT2D eigenvalue weighted by atomic mass is 16.4. The number of nitrogens with one attached hydrogen (secondary N) is 3. The highest BCUT2D eigenvalue weighted by Crippen LogP contribution is 2.20. The number of Topliss-reactive ketones (excluding diaryl/α,β-unsaturated/α-hetero) is 2. The van der Waals surface area contributed by atoms with Gasteiger partial charge in [0.05, 0.1) is 43.3 Å². The number of unbranched alkanes of at least 4 members (excludes halogenated alkanes) is 1. The van der Waals surface area contributed by atoms with Crippen molar-refractivity contribution in [1.82, 2.24) is 35.6 Å². The second-order valence-electron chi connectivity index (χ2n) is 17.5. The molecule has 19 nitrogen and oxygen atoms in total. The number of nitrogens with two attached hydrogens (primary N) is 1. The van der Waals surface area contributed by atoms with Crippen molar-refractivity contribution in [2.24, 2.45) is 5.73 Å². The SMILES string of the molecule is CCC(C)(NC(CCCCN)C(=O)O)C(=O)CNC(C)(CC)C(=O)C(Cc1ccccc1)NC(=O)c1ccc(CN2CCN(CC(=O)O)CCN(CC(=O)O)CCN(CC(=O)O)CC2)cc1. The Balaban J connectivity index is 1.80. The molecule has 1 heterocycles. The Morgan fingerprint density at radius 3 is 1.56 bits per heavy atom. The Bertz CT molecular complexity index is 1870. The first-order valence-electron chi connectivity index (χ1n) is 22.8. The lowest BCUT2D eigenvalue weighted by molar-refractivity contribution is -0.141. The number of carboxylic acids is 4. The molecular formula is C47H72N8O11. The summed E-state index contributed by atoms with van der Waals surface area (Å²) >= 11 is 0. The van der Waals surface area contributed by atoms with Gasteiger partial charge in [-0.3, -0.25) is 63.8 Å². The second-order valence-corrected chi connectivity index (χ2v) is 17.5. The van der Waals surface area contributed by atoms with Crippen LogP contribution < -0.4 is 21.7 Å². The number of hydrogen-bond donors (Lipinski definition) is 8. The zero-order valence-corrected chi connectivity index (χ0v) is 39.0. The maximum Gasteiger partial charge on any atom is 0.320 e. The fourth-order valence-corrected chi connectivity index (χ4v) is 7.86. The van der Waals surface area contributed by atoms with Gasteiger partial charge in [-0.1, -0.05) is 62.7 Å². The summed E-state index contributed by atoms with van der Waals surface area (Å²) in [7, 11) is 0. The molecule has 2 aromatic rings. The van der Waals surface area contributed by atoms with Gasteiger partial charge in [0.15, 0.2) is 11.6 Å². The van der Waals surface area contributed by atoms with Crippen LogP contribution in [0.1, 0.15) is 81.3 Å². The van der Waals surface area contributed by atoms with Gasteiger partial charge in [-0.2, -0.15) is 0 Å². The average Bonchev–Trinajstić information content (AvgIpc) is 3.28. The van der Waals surface area contributed by atoms with Crippen molar-refractivity contribution in [3.05, 3.63) is 71.3 Å². The molecule has 4 atom stereocenters. The van der Waals surface area contributed by atoms with Crippen molar-refractivity contribution in [1.29, 1.82) is 0 Å². The summed E-state index contributed by atoms with van der Waals surface area (Å²) in [6, 6.07) is 14.2. The van der Waals surface area contributed by atoms with Crippen LogP contribution in [0.2, 0.25) is 0 Å². The molecule has 0 aromatic heterocycles. The van der Waals surface area contributed by atoms with E-state index in [4.69, 9.17) is 5.73 Å². The number of amides is 1. The molecule has 1 fully saturated rings. The summed E-state index contributed by atoms with van der Waals surface area (Å²) in [5, 5.41) is 47.7. The number of nitrogens with zero attached hydrogens (tertiary/aromatic N) is 4. The van der Waals surface area contributed by atoms with E-state index < -0.39 is 52.9 Å². The molecule has 366 valence electrons. The van der Waals surface area contributed by atoms with Crippen LogP contribution in [0.5, 0.6) is 0 Å². The van der Waals surface area contributed by atoms with Crippen molar-refractivity contribution in [2.45, 2.75) is 95.9 Å².